The summed E-state index contributed by atoms with van der Waals surface area (Å²) < 4.78 is 5.23. The standard InChI is InChI=1S/C14H11N3O2S/c1-19-11-7-3-2-5-10(11)6-4-8-12-13(18)17-14(20-12)16-9-15/h2-8H,1H3,(H,16,17,18). The van der Waals surface area contributed by atoms with Gasteiger partial charge in [0.1, 0.15) is 5.75 Å². The van der Waals surface area contributed by atoms with E-state index in [1.165, 1.54) is 0 Å². The van der Waals surface area contributed by atoms with Gasteiger partial charge in [0.05, 0.1) is 12.0 Å². The summed E-state index contributed by atoms with van der Waals surface area (Å²) in [5.41, 5.74) is 0.918. The molecule has 1 fully saturated rings. The molecular weight excluding hydrogens is 274 g/mol. The fraction of sp³-hybridized carbons (Fsp3) is 0.0714. The van der Waals surface area contributed by atoms with E-state index in [9.17, 15) is 4.79 Å². The molecule has 100 valence electrons. The average Bonchev–Trinajstić information content (AvgIpc) is 2.80. The van der Waals surface area contributed by atoms with Gasteiger partial charge in [-0.3, -0.25) is 10.1 Å². The maximum atomic E-state index is 11.6. The lowest BCUT2D eigenvalue weighted by atomic mass is 10.2. The SMILES string of the molecule is COc1ccccc1C=CC=C1SC(=NC#N)NC1=O. The van der Waals surface area contributed by atoms with Gasteiger partial charge in [0.2, 0.25) is 6.19 Å². The zero-order valence-electron chi connectivity index (χ0n) is 10.7. The van der Waals surface area contributed by atoms with Crippen LogP contribution in [0.4, 0.5) is 0 Å². The van der Waals surface area contributed by atoms with E-state index < -0.39 is 0 Å². The Hall–Kier alpha value is -2.52. The van der Waals surface area contributed by atoms with Crippen LogP contribution in [0, 0.1) is 11.5 Å². The third-order valence-corrected chi connectivity index (χ3v) is 3.39. The summed E-state index contributed by atoms with van der Waals surface area (Å²) in [6.45, 7) is 0. The molecule has 0 aliphatic carbocycles. The molecule has 1 aliphatic heterocycles. The Kier molecular flexibility index (Phi) is 4.58. The Bertz CT molecular complexity index is 657. The number of ether oxygens (including phenoxy) is 1. The number of carbonyl (C=O) groups is 1. The van der Waals surface area contributed by atoms with Gasteiger partial charge in [0.15, 0.2) is 5.17 Å². The van der Waals surface area contributed by atoms with Crippen molar-refractivity contribution in [2.75, 3.05) is 7.11 Å². The lowest BCUT2D eigenvalue weighted by Crippen LogP contribution is -2.19. The van der Waals surface area contributed by atoms with E-state index in [0.717, 1.165) is 23.1 Å². The second-order valence-corrected chi connectivity index (χ2v) is 4.74. The number of benzene rings is 1. The summed E-state index contributed by atoms with van der Waals surface area (Å²) in [4.78, 5) is 15.6. The number of carbonyl (C=O) groups excluding carboxylic acids is 1. The van der Waals surface area contributed by atoms with Crippen molar-refractivity contribution in [3.05, 3.63) is 46.9 Å². The molecule has 5 nitrogen and oxygen atoms in total. The minimum absolute atomic E-state index is 0.256. The summed E-state index contributed by atoms with van der Waals surface area (Å²) in [5, 5.41) is 11.2. The largest absolute Gasteiger partial charge is 0.496 e. The number of hydrogen-bond acceptors (Lipinski definition) is 5. The zero-order chi connectivity index (χ0) is 14.4. The van der Waals surface area contributed by atoms with Crippen molar-refractivity contribution in [1.29, 1.82) is 5.26 Å². The number of para-hydroxylation sites is 1. The Morgan fingerprint density at radius 2 is 2.25 bits per heavy atom. The lowest BCUT2D eigenvalue weighted by Gasteiger charge is -2.02. The predicted molar refractivity (Wildman–Crippen MR) is 78.9 cm³/mol. The van der Waals surface area contributed by atoms with Crippen LogP contribution in [0.1, 0.15) is 5.56 Å². The molecule has 1 aliphatic rings. The Labute approximate surface area is 120 Å². The Balaban J connectivity index is 2.14. The fourth-order valence-electron chi connectivity index (χ4n) is 1.58. The van der Waals surface area contributed by atoms with E-state index in [1.807, 2.05) is 30.3 Å². The van der Waals surface area contributed by atoms with E-state index in [2.05, 4.69) is 10.3 Å². The van der Waals surface area contributed by atoms with Crippen molar-refractivity contribution in [3.8, 4) is 11.9 Å². The number of nitriles is 1. The van der Waals surface area contributed by atoms with Crippen LogP contribution in [0.15, 0.2) is 46.3 Å². The molecule has 1 amide bonds. The second-order valence-electron chi connectivity index (χ2n) is 3.71. The van der Waals surface area contributed by atoms with Gasteiger partial charge in [0, 0.05) is 5.56 Å². The maximum Gasteiger partial charge on any atom is 0.264 e. The van der Waals surface area contributed by atoms with Gasteiger partial charge in [0.25, 0.3) is 5.91 Å². The topological polar surface area (TPSA) is 74.5 Å². The summed E-state index contributed by atoms with van der Waals surface area (Å²) in [5.74, 6) is 0.506. The second kappa shape index (κ2) is 6.59. The smallest absolute Gasteiger partial charge is 0.264 e. The van der Waals surface area contributed by atoms with Crippen molar-refractivity contribution in [3.63, 3.8) is 0 Å². The van der Waals surface area contributed by atoms with Gasteiger partial charge in [-0.05, 0) is 23.9 Å². The van der Waals surface area contributed by atoms with E-state index in [1.54, 1.807) is 25.5 Å². The molecule has 6 heteroatoms. The van der Waals surface area contributed by atoms with Crippen LogP contribution in [0.5, 0.6) is 5.75 Å². The highest BCUT2D eigenvalue weighted by Gasteiger charge is 2.22. The van der Waals surface area contributed by atoms with Gasteiger partial charge >= 0.3 is 0 Å². The number of nitrogens with one attached hydrogen (secondary N) is 1. The Morgan fingerprint density at radius 3 is 3.00 bits per heavy atom. The fourth-order valence-corrected chi connectivity index (χ4v) is 2.31. The number of amidine groups is 1. The number of hydrogen-bond donors (Lipinski definition) is 1. The monoisotopic (exact) mass is 285 g/mol. The third-order valence-electron chi connectivity index (χ3n) is 2.46. The van der Waals surface area contributed by atoms with Gasteiger partial charge in [-0.15, -0.1) is 4.99 Å². The van der Waals surface area contributed by atoms with Crippen LogP contribution in [-0.4, -0.2) is 18.2 Å². The highest BCUT2D eigenvalue weighted by Crippen LogP contribution is 2.24. The molecule has 20 heavy (non-hydrogen) atoms. The van der Waals surface area contributed by atoms with Gasteiger partial charge in [-0.1, -0.05) is 30.4 Å². The zero-order valence-corrected chi connectivity index (χ0v) is 11.5. The first kappa shape index (κ1) is 13.9. The molecule has 0 aromatic heterocycles. The molecule has 0 unspecified atom stereocenters. The van der Waals surface area contributed by atoms with E-state index in [0.29, 0.717) is 10.1 Å². The third kappa shape index (κ3) is 3.28. The molecule has 0 spiro atoms. The number of methoxy groups -OCH3 is 1. The van der Waals surface area contributed by atoms with Crippen LogP contribution in [0.25, 0.3) is 6.08 Å². The molecule has 0 saturated carbocycles. The number of rotatable bonds is 3. The van der Waals surface area contributed by atoms with Crippen molar-refractivity contribution < 1.29 is 9.53 Å². The number of thioether (sulfide) groups is 1. The normalized spacial score (nSPS) is 18.5. The molecule has 0 radical (unpaired) electrons. The first-order valence-electron chi connectivity index (χ1n) is 5.72. The lowest BCUT2D eigenvalue weighted by molar-refractivity contribution is -0.115. The van der Waals surface area contributed by atoms with E-state index in [-0.39, 0.29) is 5.91 Å². The molecule has 0 bridgehead atoms. The first-order valence-corrected chi connectivity index (χ1v) is 6.53. The van der Waals surface area contributed by atoms with Gasteiger partial charge in [-0.2, -0.15) is 5.26 Å². The van der Waals surface area contributed by atoms with Crippen molar-refractivity contribution >= 4 is 28.9 Å². The van der Waals surface area contributed by atoms with Crippen molar-refractivity contribution in [2.45, 2.75) is 0 Å². The molecule has 0 atom stereocenters. The number of aliphatic imine (C=N–C) groups is 1. The first-order chi connectivity index (χ1) is 9.74. The van der Waals surface area contributed by atoms with E-state index in [4.69, 9.17) is 10.00 Å². The van der Waals surface area contributed by atoms with E-state index >= 15 is 0 Å². The van der Waals surface area contributed by atoms with Gasteiger partial charge in [-0.25, -0.2) is 0 Å². The van der Waals surface area contributed by atoms with Crippen LogP contribution < -0.4 is 10.1 Å². The minimum atomic E-state index is -0.256. The molecular formula is C14H11N3O2S. The number of nitrogens with zero attached hydrogens (tertiary/aromatic N) is 2. The van der Waals surface area contributed by atoms with Crippen LogP contribution in [0.2, 0.25) is 0 Å². The summed E-state index contributed by atoms with van der Waals surface area (Å²) in [6, 6.07) is 7.57. The van der Waals surface area contributed by atoms with Crippen molar-refractivity contribution in [1.82, 2.24) is 5.32 Å². The summed E-state index contributed by atoms with van der Waals surface area (Å²) >= 11 is 1.13. The minimum Gasteiger partial charge on any atom is -0.496 e. The van der Waals surface area contributed by atoms with Crippen LogP contribution >= 0.6 is 11.8 Å². The molecule has 1 saturated heterocycles. The molecule has 2 rings (SSSR count). The molecule has 1 N–H and O–H groups in total. The maximum absolute atomic E-state index is 11.6. The van der Waals surface area contributed by atoms with Gasteiger partial charge < -0.3 is 4.74 Å². The van der Waals surface area contributed by atoms with Crippen molar-refractivity contribution in [2.24, 2.45) is 4.99 Å². The van der Waals surface area contributed by atoms with Crippen LogP contribution in [0.3, 0.4) is 0 Å². The quantitative estimate of drug-likeness (QED) is 0.683. The summed E-state index contributed by atoms with van der Waals surface area (Å²) in [7, 11) is 1.61. The number of allylic oxidation sites excluding steroid dienone is 2. The summed E-state index contributed by atoms with van der Waals surface area (Å²) in [6.07, 6.45) is 6.92. The van der Waals surface area contributed by atoms with Crippen LogP contribution in [-0.2, 0) is 4.79 Å². The molecule has 1 heterocycles. The predicted octanol–water partition coefficient (Wildman–Crippen LogP) is 2.29. The highest BCUT2D eigenvalue weighted by atomic mass is 32.2. The molecule has 1 aromatic rings. The molecule has 1 aromatic carbocycles. The number of amides is 1. The average molecular weight is 285 g/mol. The highest BCUT2D eigenvalue weighted by molar-refractivity contribution is 8.18. The Morgan fingerprint density at radius 1 is 1.45 bits per heavy atom.